The van der Waals surface area contributed by atoms with E-state index in [-0.39, 0.29) is 12.0 Å². The van der Waals surface area contributed by atoms with Crippen molar-refractivity contribution in [1.29, 1.82) is 0 Å². The number of amides is 1. The first-order chi connectivity index (χ1) is 10.1. The number of hydrogen-bond donors (Lipinski definition) is 3. The zero-order valence-electron chi connectivity index (χ0n) is 12.6. The summed E-state index contributed by atoms with van der Waals surface area (Å²) in [6.07, 6.45) is 1.96. The van der Waals surface area contributed by atoms with E-state index in [1.165, 1.54) is 0 Å². The molecular weight excluding hydrogens is 266 g/mol. The Hall–Kier alpha value is -1.59. The zero-order valence-corrected chi connectivity index (χ0v) is 12.6. The molecule has 1 aliphatic rings. The van der Waals surface area contributed by atoms with E-state index < -0.39 is 0 Å². The number of carbonyl (C=O) groups is 1. The number of benzene rings is 1. The van der Waals surface area contributed by atoms with Gasteiger partial charge in [0, 0.05) is 19.5 Å². The van der Waals surface area contributed by atoms with Crippen molar-refractivity contribution in [2.45, 2.75) is 32.3 Å². The number of aliphatic hydroxyl groups is 1. The van der Waals surface area contributed by atoms with Gasteiger partial charge in [-0.15, -0.1) is 0 Å². The molecule has 1 aliphatic heterocycles. The van der Waals surface area contributed by atoms with Gasteiger partial charge < -0.3 is 21.1 Å². The van der Waals surface area contributed by atoms with Crippen LogP contribution in [-0.2, 0) is 4.79 Å². The second-order valence-electron chi connectivity index (χ2n) is 5.87. The predicted octanol–water partition coefficient (Wildman–Crippen LogP) is 1.69. The van der Waals surface area contributed by atoms with Gasteiger partial charge in [-0.05, 0) is 37.4 Å². The number of likely N-dealkylation sites (tertiary alicyclic amines) is 1. The average Bonchev–Trinajstić information content (AvgIpc) is 2.45. The third-order valence-corrected chi connectivity index (χ3v) is 4.06. The average molecular weight is 291 g/mol. The molecule has 0 bridgehead atoms. The van der Waals surface area contributed by atoms with Crippen molar-refractivity contribution in [3.8, 4) is 0 Å². The van der Waals surface area contributed by atoms with Gasteiger partial charge in [0.05, 0.1) is 17.5 Å². The molecule has 1 fully saturated rings. The van der Waals surface area contributed by atoms with Crippen LogP contribution in [0, 0.1) is 5.92 Å². The number of para-hydroxylation sites is 2. The molecule has 0 spiro atoms. The van der Waals surface area contributed by atoms with Gasteiger partial charge in [0.15, 0.2) is 0 Å². The topological polar surface area (TPSA) is 78.6 Å². The van der Waals surface area contributed by atoms with E-state index >= 15 is 0 Å². The van der Waals surface area contributed by atoms with E-state index in [1.807, 2.05) is 12.1 Å². The van der Waals surface area contributed by atoms with Crippen molar-refractivity contribution in [1.82, 2.24) is 4.90 Å². The molecule has 0 saturated carbocycles. The summed E-state index contributed by atoms with van der Waals surface area (Å²) in [5.74, 6) is 0.315. The number of carbonyl (C=O) groups excluding carboxylic acids is 1. The van der Waals surface area contributed by atoms with Crippen LogP contribution in [0.15, 0.2) is 24.3 Å². The molecule has 0 radical (unpaired) electrons. The van der Waals surface area contributed by atoms with E-state index in [1.54, 1.807) is 12.1 Å². The zero-order chi connectivity index (χ0) is 15.2. The molecule has 4 N–H and O–H groups in total. The van der Waals surface area contributed by atoms with E-state index in [9.17, 15) is 9.90 Å². The van der Waals surface area contributed by atoms with Crippen molar-refractivity contribution >= 4 is 17.3 Å². The van der Waals surface area contributed by atoms with Crippen molar-refractivity contribution in [3.05, 3.63) is 24.3 Å². The summed E-state index contributed by atoms with van der Waals surface area (Å²) in [4.78, 5) is 14.2. The molecule has 2 atom stereocenters. The van der Waals surface area contributed by atoms with Gasteiger partial charge in [0.2, 0.25) is 5.91 Å². The second kappa shape index (κ2) is 7.43. The highest BCUT2D eigenvalue weighted by atomic mass is 16.3. The number of piperidine rings is 1. The van der Waals surface area contributed by atoms with Crippen molar-refractivity contribution in [2.24, 2.45) is 5.92 Å². The molecule has 2 unspecified atom stereocenters. The van der Waals surface area contributed by atoms with Crippen molar-refractivity contribution < 1.29 is 9.90 Å². The lowest BCUT2D eigenvalue weighted by atomic mass is 9.96. The molecule has 1 amide bonds. The highest BCUT2D eigenvalue weighted by Gasteiger charge is 2.23. The summed E-state index contributed by atoms with van der Waals surface area (Å²) < 4.78 is 0. The van der Waals surface area contributed by atoms with Crippen LogP contribution in [0.4, 0.5) is 11.4 Å². The molecule has 1 aromatic rings. The maximum Gasteiger partial charge on any atom is 0.224 e. The molecule has 1 heterocycles. The SMILES string of the molecule is CC1CN(CCCC(=O)Nc2ccccc2N)CCC1O. The van der Waals surface area contributed by atoms with Crippen LogP contribution in [0.3, 0.4) is 0 Å². The van der Waals surface area contributed by atoms with Gasteiger partial charge in [-0.25, -0.2) is 0 Å². The van der Waals surface area contributed by atoms with E-state index in [2.05, 4.69) is 17.1 Å². The Morgan fingerprint density at radius 2 is 2.24 bits per heavy atom. The molecule has 116 valence electrons. The lowest BCUT2D eigenvalue weighted by molar-refractivity contribution is -0.116. The van der Waals surface area contributed by atoms with E-state index in [0.717, 1.165) is 32.5 Å². The normalized spacial score (nSPS) is 23.0. The Morgan fingerprint density at radius 3 is 2.95 bits per heavy atom. The van der Waals surface area contributed by atoms with Gasteiger partial charge in [-0.1, -0.05) is 19.1 Å². The molecule has 21 heavy (non-hydrogen) atoms. The highest BCUT2D eigenvalue weighted by Crippen LogP contribution is 2.18. The van der Waals surface area contributed by atoms with Crippen molar-refractivity contribution in [3.63, 3.8) is 0 Å². The molecule has 5 nitrogen and oxygen atoms in total. The van der Waals surface area contributed by atoms with Crippen LogP contribution in [0.5, 0.6) is 0 Å². The third kappa shape index (κ3) is 4.72. The molecule has 1 aromatic carbocycles. The summed E-state index contributed by atoms with van der Waals surface area (Å²) in [5, 5.41) is 12.5. The minimum atomic E-state index is -0.175. The van der Waals surface area contributed by atoms with E-state index in [4.69, 9.17) is 5.73 Å². The lowest BCUT2D eigenvalue weighted by Crippen LogP contribution is -2.42. The highest BCUT2D eigenvalue weighted by molar-refractivity contribution is 5.93. The molecule has 2 rings (SSSR count). The Kier molecular flexibility index (Phi) is 5.59. The summed E-state index contributed by atoms with van der Waals surface area (Å²) in [6, 6.07) is 7.28. The van der Waals surface area contributed by atoms with Crippen LogP contribution in [-0.4, -0.2) is 41.7 Å². The van der Waals surface area contributed by atoms with Gasteiger partial charge in [0.1, 0.15) is 0 Å². The first-order valence-corrected chi connectivity index (χ1v) is 7.61. The standard InChI is InChI=1S/C16H25N3O2/c1-12-11-19(10-8-15(12)20)9-4-7-16(21)18-14-6-3-2-5-13(14)17/h2-3,5-6,12,15,20H,4,7-11,17H2,1H3,(H,18,21). The Balaban J connectivity index is 1.69. The number of nitrogens with zero attached hydrogens (tertiary/aromatic N) is 1. The Morgan fingerprint density at radius 1 is 1.48 bits per heavy atom. The summed E-state index contributed by atoms with van der Waals surface area (Å²) in [5.41, 5.74) is 7.06. The summed E-state index contributed by atoms with van der Waals surface area (Å²) in [7, 11) is 0. The number of anilines is 2. The Labute approximate surface area is 126 Å². The number of nitrogens with two attached hydrogens (primary N) is 1. The van der Waals surface area contributed by atoms with Crippen LogP contribution in [0.25, 0.3) is 0 Å². The second-order valence-corrected chi connectivity index (χ2v) is 5.87. The van der Waals surface area contributed by atoms with Gasteiger partial charge in [0.25, 0.3) is 0 Å². The molecule has 0 aromatic heterocycles. The lowest BCUT2D eigenvalue weighted by Gasteiger charge is -2.34. The fourth-order valence-electron chi connectivity index (χ4n) is 2.71. The van der Waals surface area contributed by atoms with Gasteiger partial charge in [-0.3, -0.25) is 4.79 Å². The molecule has 5 heteroatoms. The molecule has 1 saturated heterocycles. The minimum absolute atomic E-state index is 0.00186. The smallest absolute Gasteiger partial charge is 0.224 e. The van der Waals surface area contributed by atoms with Crippen LogP contribution >= 0.6 is 0 Å². The molecular formula is C16H25N3O2. The molecule has 0 aliphatic carbocycles. The van der Waals surface area contributed by atoms with Crippen LogP contribution < -0.4 is 11.1 Å². The van der Waals surface area contributed by atoms with Crippen LogP contribution in [0.2, 0.25) is 0 Å². The van der Waals surface area contributed by atoms with E-state index in [0.29, 0.717) is 23.7 Å². The summed E-state index contributed by atoms with van der Waals surface area (Å²) >= 11 is 0. The maximum absolute atomic E-state index is 11.9. The summed E-state index contributed by atoms with van der Waals surface area (Å²) in [6.45, 7) is 4.80. The van der Waals surface area contributed by atoms with Crippen LogP contribution in [0.1, 0.15) is 26.2 Å². The monoisotopic (exact) mass is 291 g/mol. The van der Waals surface area contributed by atoms with Gasteiger partial charge in [-0.2, -0.15) is 0 Å². The van der Waals surface area contributed by atoms with Gasteiger partial charge >= 0.3 is 0 Å². The minimum Gasteiger partial charge on any atom is -0.397 e. The number of aliphatic hydroxyl groups excluding tert-OH is 1. The fraction of sp³-hybridized carbons (Fsp3) is 0.562. The van der Waals surface area contributed by atoms with Crippen molar-refractivity contribution in [2.75, 3.05) is 30.7 Å². The number of nitrogen functional groups attached to an aromatic ring is 1. The first kappa shape index (κ1) is 15.8. The predicted molar refractivity (Wildman–Crippen MR) is 84.9 cm³/mol. The third-order valence-electron chi connectivity index (χ3n) is 4.06. The number of rotatable bonds is 5. The maximum atomic E-state index is 11.9. The quantitative estimate of drug-likeness (QED) is 0.721. The number of hydrogen-bond acceptors (Lipinski definition) is 4. The first-order valence-electron chi connectivity index (χ1n) is 7.61. The number of nitrogens with one attached hydrogen (secondary N) is 1. The Bertz CT molecular complexity index is 478. The largest absolute Gasteiger partial charge is 0.397 e. The fourth-order valence-corrected chi connectivity index (χ4v) is 2.71.